The van der Waals surface area contributed by atoms with E-state index in [2.05, 4.69) is 26.0 Å². The summed E-state index contributed by atoms with van der Waals surface area (Å²) in [5.41, 5.74) is 0. The van der Waals surface area contributed by atoms with Crippen molar-refractivity contribution in [2.24, 2.45) is 5.92 Å². The summed E-state index contributed by atoms with van der Waals surface area (Å²) in [5, 5.41) is 0. The van der Waals surface area contributed by atoms with Gasteiger partial charge < -0.3 is 0 Å². The van der Waals surface area contributed by atoms with E-state index < -0.39 is 0 Å². The molecule has 1 saturated carbocycles. The number of hydrogen-bond donors (Lipinski definition) is 0. The molecule has 13 heavy (non-hydrogen) atoms. The minimum absolute atomic E-state index is 0.889. The third-order valence-corrected chi connectivity index (χ3v) is 4.52. The Morgan fingerprint density at radius 2 is 2.23 bits per heavy atom. The van der Waals surface area contributed by atoms with Crippen LogP contribution >= 0.6 is 11.3 Å². The van der Waals surface area contributed by atoms with Gasteiger partial charge in [0, 0.05) is 9.75 Å². The molecule has 1 aliphatic rings. The average Bonchev–Trinajstić information content (AvgIpc) is 2.71. The molecule has 1 heteroatoms. The Kier molecular flexibility index (Phi) is 2.73. The zero-order valence-electron chi connectivity index (χ0n) is 8.55. The molecular weight excluding hydrogens is 176 g/mol. The normalized spacial score (nSPS) is 28.2. The second kappa shape index (κ2) is 3.83. The van der Waals surface area contributed by atoms with Gasteiger partial charge in [-0.3, -0.25) is 0 Å². The van der Waals surface area contributed by atoms with Crippen LogP contribution in [-0.2, 0) is 6.42 Å². The van der Waals surface area contributed by atoms with Gasteiger partial charge >= 0.3 is 0 Å². The molecule has 1 aromatic heterocycles. The van der Waals surface area contributed by atoms with Gasteiger partial charge in [-0.15, -0.1) is 11.3 Å². The van der Waals surface area contributed by atoms with Crippen molar-refractivity contribution >= 4 is 11.3 Å². The van der Waals surface area contributed by atoms with E-state index in [4.69, 9.17) is 0 Å². The van der Waals surface area contributed by atoms with E-state index in [1.165, 1.54) is 25.7 Å². The highest BCUT2D eigenvalue weighted by molar-refractivity contribution is 7.12. The average molecular weight is 194 g/mol. The van der Waals surface area contributed by atoms with Crippen LogP contribution in [0.4, 0.5) is 0 Å². The number of aryl methyl sites for hydroxylation is 1. The summed E-state index contributed by atoms with van der Waals surface area (Å²) < 4.78 is 0. The number of rotatable bonds is 2. The lowest BCUT2D eigenvalue weighted by Crippen LogP contribution is -1.88. The topological polar surface area (TPSA) is 0 Å². The molecule has 1 heterocycles. The van der Waals surface area contributed by atoms with Gasteiger partial charge in [0.1, 0.15) is 0 Å². The molecule has 0 N–H and O–H groups in total. The number of hydrogen-bond acceptors (Lipinski definition) is 1. The molecule has 72 valence electrons. The Labute approximate surface area is 85.0 Å². The van der Waals surface area contributed by atoms with Gasteiger partial charge in [-0.2, -0.15) is 0 Å². The third kappa shape index (κ3) is 1.96. The molecule has 0 saturated heterocycles. The van der Waals surface area contributed by atoms with Crippen LogP contribution in [0.1, 0.15) is 48.8 Å². The zero-order valence-corrected chi connectivity index (χ0v) is 9.36. The predicted molar refractivity (Wildman–Crippen MR) is 59.5 cm³/mol. The van der Waals surface area contributed by atoms with Crippen LogP contribution < -0.4 is 0 Å². The van der Waals surface area contributed by atoms with Crippen LogP contribution in [0.5, 0.6) is 0 Å². The lowest BCUT2D eigenvalue weighted by Gasteiger charge is -2.05. The summed E-state index contributed by atoms with van der Waals surface area (Å²) in [4.78, 5) is 3.19. The maximum Gasteiger partial charge on any atom is 0.00792 e. The standard InChI is InChI=1S/C12H18S/c1-3-11-6-7-12(13-11)10-5-4-9(2)8-10/h6-7,9-10H,3-5,8H2,1-2H3. The van der Waals surface area contributed by atoms with Crippen molar-refractivity contribution < 1.29 is 0 Å². The summed E-state index contributed by atoms with van der Waals surface area (Å²) in [6.07, 6.45) is 5.48. The SMILES string of the molecule is CCc1ccc(C2CCC(C)C2)s1. The van der Waals surface area contributed by atoms with Gasteiger partial charge in [-0.05, 0) is 43.2 Å². The monoisotopic (exact) mass is 194 g/mol. The maximum atomic E-state index is 2.38. The molecular formula is C12H18S. The molecule has 1 aromatic rings. The highest BCUT2D eigenvalue weighted by Crippen LogP contribution is 2.40. The van der Waals surface area contributed by atoms with Crippen LogP contribution in [0.2, 0.25) is 0 Å². The fourth-order valence-electron chi connectivity index (χ4n) is 2.27. The summed E-state index contributed by atoms with van der Waals surface area (Å²) in [6.45, 7) is 4.63. The zero-order chi connectivity index (χ0) is 9.26. The minimum atomic E-state index is 0.889. The van der Waals surface area contributed by atoms with E-state index >= 15 is 0 Å². The van der Waals surface area contributed by atoms with Gasteiger partial charge in [-0.25, -0.2) is 0 Å². The van der Waals surface area contributed by atoms with Crippen molar-refractivity contribution in [2.75, 3.05) is 0 Å². The van der Waals surface area contributed by atoms with Crippen molar-refractivity contribution in [3.8, 4) is 0 Å². The van der Waals surface area contributed by atoms with E-state index in [0.29, 0.717) is 0 Å². The molecule has 0 radical (unpaired) electrons. The fourth-order valence-corrected chi connectivity index (χ4v) is 3.37. The van der Waals surface area contributed by atoms with Crippen molar-refractivity contribution in [3.05, 3.63) is 21.9 Å². The van der Waals surface area contributed by atoms with Gasteiger partial charge in [0.15, 0.2) is 0 Å². The lowest BCUT2D eigenvalue weighted by molar-refractivity contribution is 0.599. The molecule has 0 amide bonds. The van der Waals surface area contributed by atoms with Crippen molar-refractivity contribution in [1.82, 2.24) is 0 Å². The first-order chi connectivity index (χ1) is 6.29. The van der Waals surface area contributed by atoms with Crippen molar-refractivity contribution in [1.29, 1.82) is 0 Å². The molecule has 2 unspecified atom stereocenters. The Balaban J connectivity index is 2.08. The quantitative estimate of drug-likeness (QED) is 0.661. The van der Waals surface area contributed by atoms with Gasteiger partial charge in [-0.1, -0.05) is 20.3 Å². The van der Waals surface area contributed by atoms with Crippen LogP contribution in [0.3, 0.4) is 0 Å². The first-order valence-corrected chi connectivity index (χ1v) is 6.20. The van der Waals surface area contributed by atoms with Crippen molar-refractivity contribution in [2.45, 2.75) is 45.4 Å². The highest BCUT2D eigenvalue weighted by Gasteiger charge is 2.23. The fraction of sp³-hybridized carbons (Fsp3) is 0.667. The maximum absolute atomic E-state index is 2.38. The van der Waals surface area contributed by atoms with E-state index in [0.717, 1.165) is 11.8 Å². The van der Waals surface area contributed by atoms with Crippen LogP contribution in [0.15, 0.2) is 12.1 Å². The molecule has 0 aliphatic heterocycles. The molecule has 2 rings (SSSR count). The summed E-state index contributed by atoms with van der Waals surface area (Å²) >= 11 is 2.03. The first kappa shape index (κ1) is 9.26. The molecule has 0 aromatic carbocycles. The second-order valence-electron chi connectivity index (χ2n) is 4.27. The Morgan fingerprint density at radius 3 is 2.77 bits per heavy atom. The van der Waals surface area contributed by atoms with E-state index in [1.807, 2.05) is 11.3 Å². The summed E-state index contributed by atoms with van der Waals surface area (Å²) in [7, 11) is 0. The molecule has 1 aliphatic carbocycles. The lowest BCUT2D eigenvalue weighted by atomic mass is 10.0. The molecule has 0 nitrogen and oxygen atoms in total. The summed E-state index contributed by atoms with van der Waals surface area (Å²) in [6, 6.07) is 4.66. The van der Waals surface area contributed by atoms with E-state index in [9.17, 15) is 0 Å². The predicted octanol–water partition coefficient (Wildman–Crippen LogP) is 4.21. The van der Waals surface area contributed by atoms with E-state index in [1.54, 1.807) is 9.75 Å². The molecule has 1 fully saturated rings. The molecule has 0 bridgehead atoms. The Hall–Kier alpha value is -0.300. The first-order valence-electron chi connectivity index (χ1n) is 5.38. The smallest absolute Gasteiger partial charge is 0.00792 e. The third-order valence-electron chi connectivity index (χ3n) is 3.13. The van der Waals surface area contributed by atoms with Crippen LogP contribution in [0.25, 0.3) is 0 Å². The highest BCUT2D eigenvalue weighted by atomic mass is 32.1. The van der Waals surface area contributed by atoms with E-state index in [-0.39, 0.29) is 0 Å². The van der Waals surface area contributed by atoms with Gasteiger partial charge in [0.25, 0.3) is 0 Å². The molecule has 0 spiro atoms. The number of thiophene rings is 1. The van der Waals surface area contributed by atoms with Crippen LogP contribution in [-0.4, -0.2) is 0 Å². The van der Waals surface area contributed by atoms with Gasteiger partial charge in [0.05, 0.1) is 0 Å². The molecule has 2 atom stereocenters. The van der Waals surface area contributed by atoms with Crippen molar-refractivity contribution in [3.63, 3.8) is 0 Å². The van der Waals surface area contributed by atoms with Gasteiger partial charge in [0.2, 0.25) is 0 Å². The Morgan fingerprint density at radius 1 is 1.38 bits per heavy atom. The largest absolute Gasteiger partial charge is 0.145 e. The Bertz CT molecular complexity index is 274. The summed E-state index contributed by atoms with van der Waals surface area (Å²) in [5.74, 6) is 1.84. The second-order valence-corrected chi connectivity index (χ2v) is 5.47. The minimum Gasteiger partial charge on any atom is -0.145 e. The van der Waals surface area contributed by atoms with Crippen LogP contribution in [0, 0.1) is 5.92 Å².